The Morgan fingerprint density at radius 3 is 2.62 bits per heavy atom. The lowest BCUT2D eigenvalue weighted by Gasteiger charge is -2.16. The van der Waals surface area contributed by atoms with Gasteiger partial charge in [-0.1, -0.05) is 11.6 Å². The topological polar surface area (TPSA) is 47.0 Å². The van der Waals surface area contributed by atoms with Gasteiger partial charge < -0.3 is 10.1 Å². The van der Waals surface area contributed by atoms with Crippen molar-refractivity contribution in [2.24, 2.45) is 0 Å². The van der Waals surface area contributed by atoms with E-state index in [4.69, 9.17) is 16.3 Å². The van der Waals surface area contributed by atoms with Gasteiger partial charge in [-0.25, -0.2) is 0 Å². The second kappa shape index (κ2) is 6.01. The van der Waals surface area contributed by atoms with Gasteiger partial charge in [0.1, 0.15) is 0 Å². The molecule has 5 heteroatoms. The summed E-state index contributed by atoms with van der Waals surface area (Å²) in [6.07, 6.45) is 0. The normalized spacial score (nSPS) is 12.6. The number of ether oxygens (including phenoxy) is 1. The Morgan fingerprint density at radius 2 is 2.00 bits per heavy atom. The summed E-state index contributed by atoms with van der Waals surface area (Å²) in [7, 11) is 0. The van der Waals surface area contributed by atoms with E-state index in [-0.39, 0.29) is 6.04 Å². The molecule has 1 heterocycles. The summed E-state index contributed by atoms with van der Waals surface area (Å²) in [6, 6.07) is 0.202. The summed E-state index contributed by atoms with van der Waals surface area (Å²) in [5.41, 5.74) is 1.99. The second-order valence-electron chi connectivity index (χ2n) is 3.79. The Balaban J connectivity index is 2.70. The summed E-state index contributed by atoms with van der Waals surface area (Å²) >= 11 is 5.88. The van der Waals surface area contributed by atoms with E-state index in [2.05, 4.69) is 15.5 Å². The Kier molecular flexibility index (Phi) is 4.96. The highest BCUT2D eigenvalue weighted by Gasteiger charge is 2.10. The molecule has 1 aromatic rings. The first kappa shape index (κ1) is 13.2. The zero-order valence-corrected chi connectivity index (χ0v) is 10.9. The SMILES string of the molecule is CCOCC(C)Nc1nnc(Cl)c(C)c1C. The van der Waals surface area contributed by atoms with Gasteiger partial charge >= 0.3 is 0 Å². The minimum atomic E-state index is 0.202. The zero-order valence-electron chi connectivity index (χ0n) is 10.2. The molecule has 1 rings (SSSR count). The Labute approximate surface area is 101 Å². The van der Waals surface area contributed by atoms with Gasteiger partial charge in [0.05, 0.1) is 6.61 Å². The van der Waals surface area contributed by atoms with Crippen molar-refractivity contribution in [1.82, 2.24) is 10.2 Å². The molecule has 1 aromatic heterocycles. The van der Waals surface area contributed by atoms with E-state index in [1.54, 1.807) is 0 Å². The summed E-state index contributed by atoms with van der Waals surface area (Å²) in [6.45, 7) is 9.30. The fourth-order valence-electron chi connectivity index (χ4n) is 1.28. The number of rotatable bonds is 5. The van der Waals surface area contributed by atoms with Gasteiger partial charge in [0.15, 0.2) is 11.0 Å². The molecule has 16 heavy (non-hydrogen) atoms. The first-order valence-corrected chi connectivity index (χ1v) is 5.77. The van der Waals surface area contributed by atoms with Gasteiger partial charge in [-0.2, -0.15) is 0 Å². The van der Waals surface area contributed by atoms with Crippen molar-refractivity contribution in [3.63, 3.8) is 0 Å². The minimum Gasteiger partial charge on any atom is -0.380 e. The third kappa shape index (κ3) is 3.32. The van der Waals surface area contributed by atoms with Crippen LogP contribution >= 0.6 is 11.6 Å². The fourth-order valence-corrected chi connectivity index (χ4v) is 1.46. The summed E-state index contributed by atoms with van der Waals surface area (Å²) in [4.78, 5) is 0. The molecule has 0 saturated heterocycles. The number of aromatic nitrogens is 2. The number of hydrogen-bond acceptors (Lipinski definition) is 4. The standard InChI is InChI=1S/C11H18ClN3O/c1-5-16-6-7(2)13-11-9(4)8(3)10(12)14-15-11/h7H,5-6H2,1-4H3,(H,13,15). The maximum absolute atomic E-state index is 5.88. The highest BCUT2D eigenvalue weighted by molar-refractivity contribution is 6.30. The van der Waals surface area contributed by atoms with Crippen LogP contribution in [0.5, 0.6) is 0 Å². The second-order valence-corrected chi connectivity index (χ2v) is 4.15. The third-order valence-corrected chi connectivity index (χ3v) is 2.78. The summed E-state index contributed by atoms with van der Waals surface area (Å²) < 4.78 is 5.32. The Bertz CT molecular complexity index is 357. The third-order valence-electron chi connectivity index (χ3n) is 2.42. The molecule has 1 atom stereocenters. The molecule has 0 fully saturated rings. The van der Waals surface area contributed by atoms with E-state index in [1.807, 2.05) is 27.7 Å². The van der Waals surface area contributed by atoms with Crippen molar-refractivity contribution >= 4 is 17.4 Å². The fraction of sp³-hybridized carbons (Fsp3) is 0.636. The minimum absolute atomic E-state index is 0.202. The number of nitrogens with zero attached hydrogens (tertiary/aromatic N) is 2. The molecule has 0 aromatic carbocycles. The van der Waals surface area contributed by atoms with E-state index >= 15 is 0 Å². The first-order chi connectivity index (χ1) is 7.56. The number of anilines is 1. The van der Waals surface area contributed by atoms with Crippen molar-refractivity contribution in [3.8, 4) is 0 Å². The van der Waals surface area contributed by atoms with Crippen LogP contribution in [0.3, 0.4) is 0 Å². The molecule has 0 amide bonds. The number of halogens is 1. The van der Waals surface area contributed by atoms with E-state index in [0.717, 1.165) is 23.6 Å². The Hall–Kier alpha value is -0.870. The molecule has 4 nitrogen and oxygen atoms in total. The zero-order chi connectivity index (χ0) is 12.1. The van der Waals surface area contributed by atoms with E-state index < -0.39 is 0 Å². The van der Waals surface area contributed by atoms with Gasteiger partial charge in [0.25, 0.3) is 0 Å². The molecule has 0 aliphatic carbocycles. The average molecular weight is 244 g/mol. The lowest BCUT2D eigenvalue weighted by Crippen LogP contribution is -2.23. The largest absolute Gasteiger partial charge is 0.380 e. The van der Waals surface area contributed by atoms with Crippen LogP contribution in [0.15, 0.2) is 0 Å². The monoisotopic (exact) mass is 243 g/mol. The molecule has 1 N–H and O–H groups in total. The molecule has 90 valence electrons. The van der Waals surface area contributed by atoms with E-state index in [9.17, 15) is 0 Å². The van der Waals surface area contributed by atoms with Crippen molar-refractivity contribution in [1.29, 1.82) is 0 Å². The predicted octanol–water partition coefficient (Wildman–Crippen LogP) is 2.58. The van der Waals surface area contributed by atoms with E-state index in [1.165, 1.54) is 0 Å². The first-order valence-electron chi connectivity index (χ1n) is 5.39. The predicted molar refractivity (Wildman–Crippen MR) is 66.1 cm³/mol. The highest BCUT2D eigenvalue weighted by Crippen LogP contribution is 2.20. The van der Waals surface area contributed by atoms with Gasteiger partial charge in [-0.15, -0.1) is 10.2 Å². The van der Waals surface area contributed by atoms with Gasteiger partial charge in [-0.3, -0.25) is 0 Å². The van der Waals surface area contributed by atoms with Crippen LogP contribution in [-0.2, 0) is 4.74 Å². The maximum atomic E-state index is 5.88. The van der Waals surface area contributed by atoms with Crippen LogP contribution in [-0.4, -0.2) is 29.5 Å². The lowest BCUT2D eigenvalue weighted by molar-refractivity contribution is 0.141. The van der Waals surface area contributed by atoms with Gasteiger partial charge in [0, 0.05) is 12.6 Å². The van der Waals surface area contributed by atoms with Crippen LogP contribution in [0.4, 0.5) is 5.82 Å². The Morgan fingerprint density at radius 1 is 1.31 bits per heavy atom. The van der Waals surface area contributed by atoms with Crippen molar-refractivity contribution < 1.29 is 4.74 Å². The van der Waals surface area contributed by atoms with Crippen molar-refractivity contribution in [3.05, 3.63) is 16.3 Å². The van der Waals surface area contributed by atoms with Crippen LogP contribution < -0.4 is 5.32 Å². The smallest absolute Gasteiger partial charge is 0.155 e. The van der Waals surface area contributed by atoms with Gasteiger partial charge in [-0.05, 0) is 38.8 Å². The quantitative estimate of drug-likeness (QED) is 0.864. The molecular formula is C11H18ClN3O. The van der Waals surface area contributed by atoms with Crippen LogP contribution in [0, 0.1) is 13.8 Å². The summed E-state index contributed by atoms with van der Waals surface area (Å²) in [5.74, 6) is 0.772. The highest BCUT2D eigenvalue weighted by atomic mass is 35.5. The van der Waals surface area contributed by atoms with Crippen molar-refractivity contribution in [2.75, 3.05) is 18.5 Å². The van der Waals surface area contributed by atoms with Gasteiger partial charge in [0.2, 0.25) is 0 Å². The van der Waals surface area contributed by atoms with Crippen LogP contribution in [0.1, 0.15) is 25.0 Å². The summed E-state index contributed by atoms with van der Waals surface area (Å²) in [5, 5.41) is 11.6. The number of hydrogen-bond donors (Lipinski definition) is 1. The molecule has 1 unspecified atom stereocenters. The molecule has 0 aliphatic heterocycles. The number of nitrogens with one attached hydrogen (secondary N) is 1. The molecule has 0 saturated carbocycles. The van der Waals surface area contributed by atoms with Crippen molar-refractivity contribution in [2.45, 2.75) is 33.7 Å². The van der Waals surface area contributed by atoms with Crippen LogP contribution in [0.25, 0.3) is 0 Å². The average Bonchev–Trinajstić information content (AvgIpc) is 2.27. The van der Waals surface area contributed by atoms with Crippen LogP contribution in [0.2, 0.25) is 5.15 Å². The molecular weight excluding hydrogens is 226 g/mol. The van der Waals surface area contributed by atoms with E-state index in [0.29, 0.717) is 11.8 Å². The maximum Gasteiger partial charge on any atom is 0.155 e. The molecule has 0 spiro atoms. The molecule has 0 aliphatic rings. The lowest BCUT2D eigenvalue weighted by atomic mass is 10.2. The molecule has 0 bridgehead atoms. The molecule has 0 radical (unpaired) electrons.